The summed E-state index contributed by atoms with van der Waals surface area (Å²) < 4.78 is 3.64. The van der Waals surface area contributed by atoms with E-state index in [2.05, 4.69) is 114 Å². The zero-order valence-electron chi connectivity index (χ0n) is 15.2. The number of benzene rings is 3. The van der Waals surface area contributed by atoms with Crippen molar-refractivity contribution in [2.75, 3.05) is 6.26 Å². The molecule has 0 aliphatic heterocycles. The molecule has 136 valence electrons. The zero-order chi connectivity index (χ0) is 19.1. The van der Waals surface area contributed by atoms with Crippen molar-refractivity contribution in [1.82, 2.24) is 0 Å². The van der Waals surface area contributed by atoms with Crippen LogP contribution in [0.1, 0.15) is 0 Å². The SMILES string of the molecule is C=CC(SC)C(=[C]=[Os])[P+](c1ccccc1)(c1ccccc1)c1ccccc1. The van der Waals surface area contributed by atoms with Crippen LogP contribution in [-0.2, 0) is 18.1 Å². The van der Waals surface area contributed by atoms with Crippen molar-refractivity contribution < 1.29 is 18.1 Å². The first-order valence-electron chi connectivity index (χ1n) is 8.73. The third-order valence-electron chi connectivity index (χ3n) is 4.62. The third kappa shape index (κ3) is 3.87. The number of rotatable bonds is 7. The van der Waals surface area contributed by atoms with Crippen molar-refractivity contribution in [2.24, 2.45) is 0 Å². The molecule has 0 saturated carbocycles. The molecule has 0 fully saturated rings. The second kappa shape index (κ2) is 9.60. The Morgan fingerprint density at radius 2 is 1.22 bits per heavy atom. The van der Waals surface area contributed by atoms with Crippen LogP contribution in [0.3, 0.4) is 0 Å². The first-order chi connectivity index (χ1) is 13.3. The van der Waals surface area contributed by atoms with Crippen LogP contribution in [0.15, 0.2) is 109 Å². The molecule has 1 atom stereocenters. The second-order valence-electron chi connectivity index (χ2n) is 6.04. The van der Waals surface area contributed by atoms with Crippen LogP contribution in [0.2, 0.25) is 0 Å². The second-order valence-corrected chi connectivity index (χ2v) is 11.0. The Morgan fingerprint density at radius 1 is 0.852 bits per heavy atom. The quantitative estimate of drug-likeness (QED) is 0.296. The van der Waals surface area contributed by atoms with Crippen LogP contribution in [0.5, 0.6) is 0 Å². The molecule has 0 aromatic heterocycles. The summed E-state index contributed by atoms with van der Waals surface area (Å²) in [4.78, 5) is 0. The molecule has 1 unspecified atom stereocenters. The van der Waals surface area contributed by atoms with Gasteiger partial charge in [-0.1, -0.05) is 0 Å². The van der Waals surface area contributed by atoms with Crippen molar-refractivity contribution in [1.29, 1.82) is 0 Å². The van der Waals surface area contributed by atoms with Gasteiger partial charge in [-0.2, -0.15) is 0 Å². The first-order valence-corrected chi connectivity index (χ1v) is 13.1. The third-order valence-corrected chi connectivity index (χ3v) is 11.2. The monoisotopic (exact) mass is 565 g/mol. The van der Waals surface area contributed by atoms with Gasteiger partial charge in [0.1, 0.15) is 0 Å². The molecule has 0 radical (unpaired) electrons. The standard InChI is InChI=1S/C24H22PS.Os/c1-4-24(26-3)20(2)25(21-14-8-5-9-15-21,22-16-10-6-11-17-22)23-18-12-7-13-19-23;/h4-19,24H,1H2,3H3;/q+1;. The van der Waals surface area contributed by atoms with Crippen LogP contribution in [0.25, 0.3) is 0 Å². The number of thioether (sulfide) groups is 1. The summed E-state index contributed by atoms with van der Waals surface area (Å²) in [7, 11) is -2.03. The van der Waals surface area contributed by atoms with E-state index in [-0.39, 0.29) is 5.25 Å². The van der Waals surface area contributed by atoms with Gasteiger partial charge < -0.3 is 0 Å². The Hall–Kier alpha value is -1.53. The van der Waals surface area contributed by atoms with E-state index in [1.54, 1.807) is 0 Å². The number of hydrogen-bond acceptors (Lipinski definition) is 1. The molecule has 3 heteroatoms. The molecule has 3 aromatic rings. The van der Waals surface area contributed by atoms with Gasteiger partial charge >= 0.3 is 178 Å². The van der Waals surface area contributed by atoms with Gasteiger partial charge in [-0.25, -0.2) is 0 Å². The molecule has 27 heavy (non-hydrogen) atoms. The predicted octanol–water partition coefficient (Wildman–Crippen LogP) is 4.73. The zero-order valence-corrected chi connectivity index (χ0v) is 19.5. The normalized spacial score (nSPS) is 12.1. The fourth-order valence-corrected chi connectivity index (χ4v) is 10.8. The van der Waals surface area contributed by atoms with Gasteiger partial charge in [0.05, 0.1) is 0 Å². The molecule has 0 amide bonds. The van der Waals surface area contributed by atoms with Crippen molar-refractivity contribution in [3.05, 3.63) is 109 Å². The minimum atomic E-state index is -2.03. The minimum absolute atomic E-state index is 0.219. The molecule has 0 aliphatic carbocycles. The maximum absolute atomic E-state index is 4.13. The molecule has 0 spiro atoms. The molecule has 3 aromatic carbocycles. The van der Waals surface area contributed by atoms with Crippen LogP contribution >= 0.6 is 19.0 Å². The summed E-state index contributed by atoms with van der Waals surface area (Å²) in [5.74, 6) is 0. The van der Waals surface area contributed by atoms with Gasteiger partial charge in [0.15, 0.2) is 0 Å². The van der Waals surface area contributed by atoms with Crippen LogP contribution < -0.4 is 15.9 Å². The van der Waals surface area contributed by atoms with Gasteiger partial charge in [-0.05, 0) is 0 Å². The van der Waals surface area contributed by atoms with Crippen molar-refractivity contribution >= 4 is 39.2 Å². The van der Waals surface area contributed by atoms with Gasteiger partial charge in [-0.15, -0.1) is 0 Å². The summed E-state index contributed by atoms with van der Waals surface area (Å²) in [5, 5.41) is 5.63. The van der Waals surface area contributed by atoms with E-state index in [0.29, 0.717) is 0 Å². The van der Waals surface area contributed by atoms with E-state index in [4.69, 9.17) is 0 Å². The van der Waals surface area contributed by atoms with Crippen molar-refractivity contribution in [3.8, 4) is 0 Å². The average molecular weight is 564 g/mol. The molecule has 0 nitrogen and oxygen atoms in total. The van der Waals surface area contributed by atoms with Crippen LogP contribution in [0, 0.1) is 0 Å². The Balaban J connectivity index is 2.47. The van der Waals surface area contributed by atoms with E-state index < -0.39 is 7.26 Å². The van der Waals surface area contributed by atoms with Gasteiger partial charge in [0.2, 0.25) is 0 Å². The molecule has 0 bridgehead atoms. The Morgan fingerprint density at radius 3 is 1.48 bits per heavy atom. The first kappa shape index (κ1) is 20.2. The van der Waals surface area contributed by atoms with Crippen LogP contribution in [0.4, 0.5) is 0 Å². The topological polar surface area (TPSA) is 0 Å². The fourth-order valence-electron chi connectivity index (χ4n) is 3.44. The predicted molar refractivity (Wildman–Crippen MR) is 121 cm³/mol. The average Bonchev–Trinajstić information content (AvgIpc) is 2.76. The molecule has 3 rings (SSSR count). The molecule has 0 saturated heterocycles. The Kier molecular flexibility index (Phi) is 7.18. The fraction of sp³-hybridized carbons (Fsp3) is 0.0833. The molecule has 0 aliphatic rings. The summed E-state index contributed by atoms with van der Waals surface area (Å²) in [6.45, 7) is 4.13. The molecular weight excluding hydrogens is 542 g/mol. The van der Waals surface area contributed by atoms with Crippen molar-refractivity contribution in [3.63, 3.8) is 0 Å². The van der Waals surface area contributed by atoms with Gasteiger partial charge in [0, 0.05) is 0 Å². The number of hydrogen-bond donors (Lipinski definition) is 0. The van der Waals surface area contributed by atoms with Gasteiger partial charge in [0.25, 0.3) is 0 Å². The van der Waals surface area contributed by atoms with E-state index in [1.165, 1.54) is 21.2 Å². The molecule has 0 heterocycles. The summed E-state index contributed by atoms with van der Waals surface area (Å²) >= 11 is 3.64. The molecule has 0 N–H and O–H groups in total. The van der Waals surface area contributed by atoms with Crippen molar-refractivity contribution in [2.45, 2.75) is 5.25 Å². The Labute approximate surface area is 177 Å². The van der Waals surface area contributed by atoms with Gasteiger partial charge in [-0.3, -0.25) is 0 Å². The summed E-state index contributed by atoms with van der Waals surface area (Å²) in [6, 6.07) is 32.8. The van der Waals surface area contributed by atoms with Crippen LogP contribution in [-0.4, -0.2) is 15.7 Å². The Bertz CT molecular complexity index is 835. The van der Waals surface area contributed by atoms with E-state index >= 15 is 0 Å². The van der Waals surface area contributed by atoms with E-state index in [9.17, 15) is 0 Å². The van der Waals surface area contributed by atoms with E-state index in [0.717, 1.165) is 0 Å². The maximum atomic E-state index is 4.13. The molecular formula is C24H22OsPS+. The van der Waals surface area contributed by atoms with E-state index in [1.807, 2.05) is 29.9 Å². The summed E-state index contributed by atoms with van der Waals surface area (Å²) in [5.41, 5.74) is 0. The summed E-state index contributed by atoms with van der Waals surface area (Å²) in [6.07, 6.45) is 4.22.